The fraction of sp³-hybridized carbons (Fsp3) is 0. The Kier molecular flexibility index (Phi) is 7.96. The van der Waals surface area contributed by atoms with E-state index >= 15 is 0 Å². The van der Waals surface area contributed by atoms with Crippen LogP contribution in [0.2, 0.25) is 0 Å². The highest BCUT2D eigenvalue weighted by Crippen LogP contribution is 2.44. The Hall–Kier alpha value is -8.46. The van der Waals surface area contributed by atoms with Gasteiger partial charge in [0.2, 0.25) is 0 Å². The molecule has 11 aromatic carbocycles. The molecule has 0 bridgehead atoms. The maximum absolute atomic E-state index is 8.50. The van der Waals surface area contributed by atoms with Gasteiger partial charge in [0.25, 0.3) is 0 Å². The second-order valence-electron chi connectivity index (χ2n) is 16.1. The molecule has 0 aliphatic heterocycles. The molecule has 300 valence electrons. The van der Waals surface area contributed by atoms with Crippen molar-refractivity contribution in [2.45, 2.75) is 0 Å². The van der Waals surface area contributed by atoms with E-state index in [4.69, 9.17) is 6.85 Å². The average molecular weight is 820 g/mol. The van der Waals surface area contributed by atoms with Crippen LogP contribution in [0, 0.1) is 0 Å². The van der Waals surface area contributed by atoms with E-state index in [1.165, 1.54) is 49.0 Å². The molecule has 0 aliphatic carbocycles. The Bertz CT molecular complexity index is 3880. The van der Waals surface area contributed by atoms with Crippen LogP contribution in [0.15, 0.2) is 255 Å². The fourth-order valence-corrected chi connectivity index (χ4v) is 9.41. The van der Waals surface area contributed by atoms with Crippen LogP contribution in [-0.4, -0.2) is 4.57 Å². The van der Waals surface area contributed by atoms with Gasteiger partial charge in [0.05, 0.1) is 17.9 Å². The zero-order chi connectivity index (χ0) is 46.8. The Morgan fingerprint density at radius 2 is 0.734 bits per heavy atom. The molecule has 2 heteroatoms. The van der Waals surface area contributed by atoms with E-state index in [2.05, 4.69) is 191 Å². The molecule has 0 aliphatic rings. The number of aromatic nitrogens is 1. The average Bonchev–Trinajstić information content (AvgIpc) is 3.76. The lowest BCUT2D eigenvalue weighted by Gasteiger charge is -2.26. The minimum Gasteiger partial charge on any atom is -0.311 e. The highest BCUT2D eigenvalue weighted by Gasteiger charge is 2.20. The summed E-state index contributed by atoms with van der Waals surface area (Å²) in [7, 11) is 0. The molecule has 1 heterocycles. The molecular formula is C62H42N2. The van der Waals surface area contributed by atoms with Crippen LogP contribution in [-0.2, 0) is 0 Å². The van der Waals surface area contributed by atoms with Crippen molar-refractivity contribution < 1.29 is 6.85 Å². The van der Waals surface area contributed by atoms with E-state index in [1.54, 1.807) is 0 Å². The first kappa shape index (κ1) is 32.3. The molecule has 12 rings (SSSR count). The van der Waals surface area contributed by atoms with Gasteiger partial charge in [-0.05, 0) is 115 Å². The summed E-state index contributed by atoms with van der Waals surface area (Å²) in [4.78, 5) is 2.15. The molecule has 0 unspecified atom stereocenters. The lowest BCUT2D eigenvalue weighted by atomic mass is 9.96. The zero-order valence-electron chi connectivity index (χ0n) is 39.8. The van der Waals surface area contributed by atoms with E-state index in [9.17, 15) is 0 Å². The number of anilines is 3. The molecule has 0 N–H and O–H groups in total. The first-order valence-electron chi connectivity index (χ1n) is 24.1. The van der Waals surface area contributed by atoms with E-state index in [1.807, 2.05) is 42.5 Å². The maximum Gasteiger partial charge on any atom is 0.0629 e. The van der Waals surface area contributed by atoms with Gasteiger partial charge in [0, 0.05) is 38.9 Å². The van der Waals surface area contributed by atoms with Gasteiger partial charge in [-0.3, -0.25) is 0 Å². The molecule has 0 spiro atoms. The number of hydrogen-bond donors (Lipinski definition) is 0. The normalized spacial score (nSPS) is 12.5. The standard InChI is InChI=1S/C62H42N2/c1-4-14-43(15-5-1)46-28-35-52(36-29-46)63(51-18-8-3-9-19-51)53-37-30-48(31-38-53)45-24-26-49(27-25-45)50-34-41-59-60(42-50)64(54-39-32-47(33-40-54)44-16-6-2-7-17-44)62-58-23-13-11-21-56(58)55-20-10-12-22-57(55)61(59)62/h1-42H/i1D,4D,5D,14D,15D. The predicted octanol–water partition coefficient (Wildman–Crippen LogP) is 17.2. The largest absolute Gasteiger partial charge is 0.311 e. The van der Waals surface area contributed by atoms with Gasteiger partial charge in [-0.2, -0.15) is 0 Å². The van der Waals surface area contributed by atoms with Crippen molar-refractivity contribution in [1.29, 1.82) is 0 Å². The molecule has 0 fully saturated rings. The summed E-state index contributed by atoms with van der Waals surface area (Å²) in [5.41, 5.74) is 13.8. The van der Waals surface area contributed by atoms with Crippen LogP contribution in [0.25, 0.3) is 93.5 Å². The molecular weight excluding hydrogens is 773 g/mol. The molecule has 0 amide bonds. The van der Waals surface area contributed by atoms with Gasteiger partial charge in [0.15, 0.2) is 0 Å². The van der Waals surface area contributed by atoms with Crippen LogP contribution in [0.3, 0.4) is 0 Å². The number of benzene rings is 11. The molecule has 0 atom stereocenters. The van der Waals surface area contributed by atoms with Crippen LogP contribution in [0.4, 0.5) is 17.1 Å². The second-order valence-corrected chi connectivity index (χ2v) is 16.1. The van der Waals surface area contributed by atoms with Gasteiger partial charge < -0.3 is 9.47 Å². The van der Waals surface area contributed by atoms with Crippen molar-refractivity contribution >= 4 is 60.4 Å². The van der Waals surface area contributed by atoms with E-state index < -0.39 is 6.04 Å². The van der Waals surface area contributed by atoms with Crippen molar-refractivity contribution in [3.05, 3.63) is 255 Å². The van der Waals surface area contributed by atoms with Gasteiger partial charge >= 0.3 is 0 Å². The highest BCUT2D eigenvalue weighted by atomic mass is 15.1. The van der Waals surface area contributed by atoms with Crippen molar-refractivity contribution in [3.8, 4) is 50.2 Å². The van der Waals surface area contributed by atoms with Crippen LogP contribution < -0.4 is 4.90 Å². The topological polar surface area (TPSA) is 8.17 Å². The highest BCUT2D eigenvalue weighted by molar-refractivity contribution is 6.32. The third-order valence-electron chi connectivity index (χ3n) is 12.5. The van der Waals surface area contributed by atoms with Crippen molar-refractivity contribution in [2.24, 2.45) is 0 Å². The Morgan fingerprint density at radius 1 is 0.312 bits per heavy atom. The summed E-state index contributed by atoms with van der Waals surface area (Å²) in [6.45, 7) is 0. The maximum atomic E-state index is 8.50. The van der Waals surface area contributed by atoms with Gasteiger partial charge in [-0.15, -0.1) is 0 Å². The molecule has 64 heavy (non-hydrogen) atoms. The number of para-hydroxylation sites is 1. The number of nitrogens with zero attached hydrogens (tertiary/aromatic N) is 2. The quantitative estimate of drug-likeness (QED) is 0.139. The molecule has 2 nitrogen and oxygen atoms in total. The predicted molar refractivity (Wildman–Crippen MR) is 272 cm³/mol. The molecule has 0 saturated heterocycles. The van der Waals surface area contributed by atoms with E-state index in [0.717, 1.165) is 50.5 Å². The van der Waals surface area contributed by atoms with Crippen LogP contribution in [0.1, 0.15) is 6.85 Å². The third kappa shape index (κ3) is 6.52. The number of fused-ring (bicyclic) bond motifs is 8. The lowest BCUT2D eigenvalue weighted by Crippen LogP contribution is -2.09. The van der Waals surface area contributed by atoms with E-state index in [-0.39, 0.29) is 29.7 Å². The summed E-state index contributed by atoms with van der Waals surface area (Å²) in [5, 5.41) is 7.44. The summed E-state index contributed by atoms with van der Waals surface area (Å²) in [5.74, 6) is 0. The van der Waals surface area contributed by atoms with Crippen molar-refractivity contribution in [2.75, 3.05) is 4.90 Å². The molecule has 1 aromatic heterocycles. The fourth-order valence-electron chi connectivity index (χ4n) is 9.41. The van der Waals surface area contributed by atoms with Crippen LogP contribution in [0.5, 0.6) is 0 Å². The monoisotopic (exact) mass is 819 g/mol. The first-order chi connectivity index (χ1) is 33.8. The third-order valence-corrected chi connectivity index (χ3v) is 12.5. The minimum atomic E-state index is -0.400. The SMILES string of the molecule is [2H]c1c([2H])c([2H])c(-c2ccc(N(c3ccccc3)c3ccc(-c4ccc(-c5ccc6c7c8ccccc8c8ccccc8c7n(-c7ccc(-c8ccccc8)cc7)c6c5)cc4)cc3)cc2)c([2H])c1[2H]. The van der Waals surface area contributed by atoms with Crippen LogP contribution >= 0.6 is 0 Å². The molecule has 12 aromatic rings. The Labute approximate surface area is 380 Å². The smallest absolute Gasteiger partial charge is 0.0629 e. The van der Waals surface area contributed by atoms with Gasteiger partial charge in [-0.1, -0.05) is 200 Å². The van der Waals surface area contributed by atoms with Gasteiger partial charge in [0.1, 0.15) is 0 Å². The first-order valence-corrected chi connectivity index (χ1v) is 21.6. The lowest BCUT2D eigenvalue weighted by molar-refractivity contribution is 1.19. The number of hydrogen-bond acceptors (Lipinski definition) is 1. The van der Waals surface area contributed by atoms with E-state index in [0.29, 0.717) is 5.56 Å². The minimum absolute atomic E-state index is 0.186. The molecule has 0 saturated carbocycles. The van der Waals surface area contributed by atoms with Crippen molar-refractivity contribution in [3.63, 3.8) is 0 Å². The summed E-state index contributed by atoms with van der Waals surface area (Å²) >= 11 is 0. The number of rotatable bonds is 8. The summed E-state index contributed by atoms with van der Waals surface area (Å²) < 4.78 is 43.8. The van der Waals surface area contributed by atoms with Crippen molar-refractivity contribution in [1.82, 2.24) is 4.57 Å². The molecule has 0 radical (unpaired) electrons. The summed E-state index contributed by atoms with van der Waals surface area (Å²) in [6, 6.07) is 77.4. The summed E-state index contributed by atoms with van der Waals surface area (Å²) in [6.07, 6.45) is 0. The zero-order valence-corrected chi connectivity index (χ0v) is 34.8. The Morgan fingerprint density at radius 3 is 1.34 bits per heavy atom. The van der Waals surface area contributed by atoms with Gasteiger partial charge in [-0.25, -0.2) is 0 Å². The second kappa shape index (κ2) is 15.8. The Balaban J connectivity index is 0.905.